The third kappa shape index (κ3) is 3.03. The minimum absolute atomic E-state index is 0.0375. The van der Waals surface area contributed by atoms with Crippen LogP contribution in [-0.2, 0) is 4.79 Å². The number of fused-ring (bicyclic) bond motifs is 1. The van der Waals surface area contributed by atoms with Gasteiger partial charge in [-0.05, 0) is 43.9 Å². The Balaban J connectivity index is 1.45. The van der Waals surface area contributed by atoms with Crippen LogP contribution in [0.5, 0.6) is 0 Å². The minimum atomic E-state index is 0.0375. The number of hydrogen-bond acceptors (Lipinski definition) is 4. The van der Waals surface area contributed by atoms with Crippen LogP contribution in [0.4, 0.5) is 11.5 Å². The summed E-state index contributed by atoms with van der Waals surface area (Å²) in [5, 5.41) is 4.16. The Kier molecular flexibility index (Phi) is 4.32. The van der Waals surface area contributed by atoms with Crippen LogP contribution in [0, 0.1) is 19.8 Å². The van der Waals surface area contributed by atoms with Crippen molar-refractivity contribution in [2.75, 3.05) is 23.3 Å². The van der Waals surface area contributed by atoms with Gasteiger partial charge >= 0.3 is 0 Å². The molecule has 2 aromatic heterocycles. The molecule has 1 fully saturated rings. The van der Waals surface area contributed by atoms with Gasteiger partial charge in [-0.2, -0.15) is 0 Å². The summed E-state index contributed by atoms with van der Waals surface area (Å²) < 4.78 is 0. The van der Waals surface area contributed by atoms with Gasteiger partial charge in [0, 0.05) is 30.9 Å². The van der Waals surface area contributed by atoms with Crippen molar-refractivity contribution in [3.63, 3.8) is 0 Å². The van der Waals surface area contributed by atoms with E-state index in [4.69, 9.17) is 0 Å². The molecule has 1 aliphatic heterocycles. The molecule has 1 aliphatic rings. The first-order valence-corrected chi connectivity index (χ1v) is 9.03. The highest BCUT2D eigenvalue weighted by Crippen LogP contribution is 2.29. The average molecular weight is 349 g/mol. The SMILES string of the molecule is Cc1ccccc1NC(=O)C1CCN(c2ncnc3[nH]cc(C)c23)CC1. The maximum atomic E-state index is 12.6. The molecule has 0 spiro atoms. The highest BCUT2D eigenvalue weighted by Gasteiger charge is 2.27. The van der Waals surface area contributed by atoms with Gasteiger partial charge in [0.05, 0.1) is 5.39 Å². The molecule has 1 aromatic carbocycles. The molecular weight excluding hydrogens is 326 g/mol. The smallest absolute Gasteiger partial charge is 0.227 e. The first kappa shape index (κ1) is 16.6. The fourth-order valence-electron chi connectivity index (χ4n) is 3.64. The van der Waals surface area contributed by atoms with Crippen molar-refractivity contribution in [1.29, 1.82) is 0 Å². The quantitative estimate of drug-likeness (QED) is 0.760. The van der Waals surface area contributed by atoms with Crippen LogP contribution in [0.3, 0.4) is 0 Å². The summed E-state index contributed by atoms with van der Waals surface area (Å²) in [6.07, 6.45) is 5.22. The molecule has 3 aromatic rings. The number of nitrogens with zero attached hydrogens (tertiary/aromatic N) is 3. The van der Waals surface area contributed by atoms with Gasteiger partial charge in [0.2, 0.25) is 5.91 Å². The highest BCUT2D eigenvalue weighted by molar-refractivity contribution is 5.94. The lowest BCUT2D eigenvalue weighted by Gasteiger charge is -2.32. The summed E-state index contributed by atoms with van der Waals surface area (Å²) in [5.74, 6) is 1.12. The number of piperidine rings is 1. The molecule has 134 valence electrons. The number of aryl methyl sites for hydroxylation is 2. The van der Waals surface area contributed by atoms with Gasteiger partial charge in [-0.25, -0.2) is 9.97 Å². The number of amides is 1. The van der Waals surface area contributed by atoms with Crippen molar-refractivity contribution in [1.82, 2.24) is 15.0 Å². The lowest BCUT2D eigenvalue weighted by atomic mass is 9.95. The van der Waals surface area contributed by atoms with Gasteiger partial charge in [-0.15, -0.1) is 0 Å². The number of carbonyl (C=O) groups is 1. The number of para-hydroxylation sites is 1. The lowest BCUT2D eigenvalue weighted by Crippen LogP contribution is -2.38. The van der Waals surface area contributed by atoms with Crippen LogP contribution in [0.2, 0.25) is 0 Å². The van der Waals surface area contributed by atoms with Crippen molar-refractivity contribution in [3.8, 4) is 0 Å². The molecule has 6 heteroatoms. The molecule has 0 radical (unpaired) electrons. The van der Waals surface area contributed by atoms with E-state index in [0.29, 0.717) is 0 Å². The van der Waals surface area contributed by atoms with E-state index in [1.165, 1.54) is 0 Å². The molecule has 1 amide bonds. The monoisotopic (exact) mass is 349 g/mol. The predicted molar refractivity (Wildman–Crippen MR) is 103 cm³/mol. The summed E-state index contributed by atoms with van der Waals surface area (Å²) in [4.78, 5) is 26.9. The topological polar surface area (TPSA) is 73.9 Å². The van der Waals surface area contributed by atoms with Gasteiger partial charge in [0.25, 0.3) is 0 Å². The molecule has 0 aliphatic carbocycles. The third-order valence-electron chi connectivity index (χ3n) is 5.22. The zero-order valence-corrected chi connectivity index (χ0v) is 15.1. The number of benzene rings is 1. The van der Waals surface area contributed by atoms with Crippen LogP contribution < -0.4 is 10.2 Å². The van der Waals surface area contributed by atoms with E-state index >= 15 is 0 Å². The standard InChI is InChI=1S/C20H23N5O/c1-13-5-3-4-6-16(13)24-20(26)15-7-9-25(10-8-15)19-17-14(2)11-21-18(17)22-12-23-19/h3-6,11-12,15H,7-10H2,1-2H3,(H,24,26)(H,21,22,23). The van der Waals surface area contributed by atoms with E-state index in [-0.39, 0.29) is 11.8 Å². The molecule has 26 heavy (non-hydrogen) atoms. The molecule has 0 bridgehead atoms. The molecule has 0 unspecified atom stereocenters. The number of aromatic amines is 1. The maximum absolute atomic E-state index is 12.6. The number of carbonyl (C=O) groups excluding carboxylic acids is 1. The van der Waals surface area contributed by atoms with Crippen molar-refractivity contribution >= 4 is 28.4 Å². The van der Waals surface area contributed by atoms with E-state index in [2.05, 4.69) is 32.1 Å². The Bertz CT molecular complexity index is 940. The second-order valence-corrected chi connectivity index (χ2v) is 6.96. The lowest BCUT2D eigenvalue weighted by molar-refractivity contribution is -0.120. The largest absolute Gasteiger partial charge is 0.356 e. The van der Waals surface area contributed by atoms with Crippen LogP contribution in [0.15, 0.2) is 36.8 Å². The number of nitrogens with one attached hydrogen (secondary N) is 2. The van der Waals surface area contributed by atoms with Crippen molar-refractivity contribution in [2.24, 2.45) is 5.92 Å². The fourth-order valence-corrected chi connectivity index (χ4v) is 3.64. The normalized spacial score (nSPS) is 15.4. The number of aromatic nitrogens is 3. The average Bonchev–Trinajstić information content (AvgIpc) is 3.05. The zero-order chi connectivity index (χ0) is 18.1. The van der Waals surface area contributed by atoms with Crippen LogP contribution in [0.1, 0.15) is 24.0 Å². The first-order chi connectivity index (χ1) is 12.6. The van der Waals surface area contributed by atoms with Crippen LogP contribution >= 0.6 is 0 Å². The molecule has 1 saturated heterocycles. The number of H-pyrrole nitrogens is 1. The maximum Gasteiger partial charge on any atom is 0.227 e. The Labute approximate surface area is 152 Å². The molecule has 4 rings (SSSR count). The van der Waals surface area contributed by atoms with Crippen LogP contribution in [-0.4, -0.2) is 33.9 Å². The minimum Gasteiger partial charge on any atom is -0.356 e. The van der Waals surface area contributed by atoms with Gasteiger partial charge < -0.3 is 15.2 Å². The second kappa shape index (κ2) is 6.78. The van der Waals surface area contributed by atoms with E-state index in [1.807, 2.05) is 37.4 Å². The fraction of sp³-hybridized carbons (Fsp3) is 0.350. The molecule has 2 N–H and O–H groups in total. The van der Waals surface area contributed by atoms with Crippen molar-refractivity contribution in [2.45, 2.75) is 26.7 Å². The summed E-state index contributed by atoms with van der Waals surface area (Å²) in [6.45, 7) is 5.72. The van der Waals surface area contributed by atoms with Crippen molar-refractivity contribution < 1.29 is 4.79 Å². The molecule has 0 atom stereocenters. The van der Waals surface area contributed by atoms with E-state index < -0.39 is 0 Å². The van der Waals surface area contributed by atoms with E-state index in [1.54, 1.807) is 6.33 Å². The third-order valence-corrected chi connectivity index (χ3v) is 5.22. The summed E-state index contributed by atoms with van der Waals surface area (Å²) in [6, 6.07) is 7.90. The predicted octanol–water partition coefficient (Wildman–Crippen LogP) is 3.43. The van der Waals surface area contributed by atoms with Gasteiger partial charge in [-0.3, -0.25) is 4.79 Å². The summed E-state index contributed by atoms with van der Waals surface area (Å²) in [7, 11) is 0. The Morgan fingerprint density at radius 2 is 1.92 bits per heavy atom. The summed E-state index contributed by atoms with van der Waals surface area (Å²) in [5.41, 5.74) is 4.01. The molecular formula is C20H23N5O. The van der Waals surface area contributed by atoms with Gasteiger partial charge in [0.1, 0.15) is 17.8 Å². The number of rotatable bonds is 3. The first-order valence-electron chi connectivity index (χ1n) is 9.03. The molecule has 6 nitrogen and oxygen atoms in total. The highest BCUT2D eigenvalue weighted by atomic mass is 16.1. The summed E-state index contributed by atoms with van der Waals surface area (Å²) >= 11 is 0. The Hall–Kier alpha value is -2.89. The Morgan fingerprint density at radius 1 is 1.15 bits per heavy atom. The Morgan fingerprint density at radius 3 is 2.69 bits per heavy atom. The van der Waals surface area contributed by atoms with E-state index in [0.717, 1.165) is 59.6 Å². The number of hydrogen-bond donors (Lipinski definition) is 2. The van der Waals surface area contributed by atoms with Gasteiger partial charge in [0.15, 0.2) is 0 Å². The van der Waals surface area contributed by atoms with E-state index in [9.17, 15) is 4.79 Å². The zero-order valence-electron chi connectivity index (χ0n) is 15.1. The molecule has 0 saturated carbocycles. The van der Waals surface area contributed by atoms with Gasteiger partial charge in [-0.1, -0.05) is 18.2 Å². The second-order valence-electron chi connectivity index (χ2n) is 6.96. The van der Waals surface area contributed by atoms with Crippen LogP contribution in [0.25, 0.3) is 11.0 Å². The number of anilines is 2. The molecule has 3 heterocycles. The van der Waals surface area contributed by atoms with Crippen molar-refractivity contribution in [3.05, 3.63) is 47.9 Å².